The molecule has 0 aliphatic rings. The predicted octanol–water partition coefficient (Wildman–Crippen LogP) is 4.89. The summed E-state index contributed by atoms with van der Waals surface area (Å²) in [6.45, 7) is 5.58. The molecule has 5 nitrogen and oxygen atoms in total. The number of carbonyl (C=O) groups excluding carboxylic acids is 2. The Morgan fingerprint density at radius 2 is 1.83 bits per heavy atom. The molecule has 2 aromatic carbocycles. The van der Waals surface area contributed by atoms with Crippen molar-refractivity contribution in [2.75, 3.05) is 0 Å². The van der Waals surface area contributed by atoms with Gasteiger partial charge in [0, 0.05) is 15.5 Å². The molecule has 0 saturated heterocycles. The lowest BCUT2D eigenvalue weighted by Crippen LogP contribution is -2.47. The van der Waals surface area contributed by atoms with E-state index in [-0.39, 0.29) is 5.91 Å². The van der Waals surface area contributed by atoms with Crippen LogP contribution in [0.5, 0.6) is 5.75 Å². The number of hydrogen-bond donors (Lipinski definition) is 2. The van der Waals surface area contributed by atoms with Crippen LogP contribution < -0.4 is 15.6 Å². The van der Waals surface area contributed by atoms with Gasteiger partial charge in [-0.25, -0.2) is 0 Å². The fraction of sp³-hybridized carbons (Fsp3) is 0.217. The van der Waals surface area contributed by atoms with Gasteiger partial charge in [0.1, 0.15) is 5.75 Å². The number of ether oxygens (including phenoxy) is 1. The minimum atomic E-state index is -0.755. The third-order valence-corrected chi connectivity index (χ3v) is 6.79. The molecular formula is C23H24N2O3S2. The molecule has 1 heterocycles. The SMILES string of the molecule is Cc1cccc(OC(C)C(=O)NNC(=O)c2ccccc2SCc2cccs2)c1C. The fourth-order valence-corrected chi connectivity index (χ4v) is 4.53. The van der Waals surface area contributed by atoms with Crippen LogP contribution in [0.2, 0.25) is 0 Å². The summed E-state index contributed by atoms with van der Waals surface area (Å²) in [6.07, 6.45) is -0.755. The Bertz CT molecular complexity index is 1020. The van der Waals surface area contributed by atoms with E-state index in [1.807, 2.05) is 55.6 Å². The molecule has 1 aromatic heterocycles. The first kappa shape index (κ1) is 21.9. The van der Waals surface area contributed by atoms with Crippen LogP contribution in [0.1, 0.15) is 33.3 Å². The van der Waals surface area contributed by atoms with E-state index in [0.717, 1.165) is 21.8 Å². The van der Waals surface area contributed by atoms with E-state index in [4.69, 9.17) is 4.74 Å². The maximum absolute atomic E-state index is 12.6. The first-order valence-corrected chi connectivity index (χ1v) is 11.4. The maximum atomic E-state index is 12.6. The molecule has 0 saturated carbocycles. The summed E-state index contributed by atoms with van der Waals surface area (Å²) < 4.78 is 5.76. The number of rotatable bonds is 7. The van der Waals surface area contributed by atoms with E-state index in [2.05, 4.69) is 16.9 Å². The molecule has 2 N–H and O–H groups in total. The maximum Gasteiger partial charge on any atom is 0.279 e. The first-order chi connectivity index (χ1) is 14.5. The minimum absolute atomic E-state index is 0.364. The Morgan fingerprint density at radius 1 is 1.03 bits per heavy atom. The molecular weight excluding hydrogens is 416 g/mol. The van der Waals surface area contributed by atoms with Gasteiger partial charge in [-0.15, -0.1) is 23.1 Å². The minimum Gasteiger partial charge on any atom is -0.481 e. The van der Waals surface area contributed by atoms with Crippen molar-refractivity contribution in [2.45, 2.75) is 37.5 Å². The van der Waals surface area contributed by atoms with E-state index in [0.29, 0.717) is 11.3 Å². The number of hydrogen-bond acceptors (Lipinski definition) is 5. The topological polar surface area (TPSA) is 67.4 Å². The number of amides is 2. The second kappa shape index (κ2) is 10.3. The quantitative estimate of drug-likeness (QED) is 0.406. The van der Waals surface area contributed by atoms with Gasteiger partial charge in [-0.1, -0.05) is 30.3 Å². The first-order valence-electron chi connectivity index (χ1n) is 9.53. The average molecular weight is 441 g/mol. The number of hydrazine groups is 1. The van der Waals surface area contributed by atoms with Gasteiger partial charge in [-0.2, -0.15) is 0 Å². The Balaban J connectivity index is 1.57. The van der Waals surface area contributed by atoms with Crippen LogP contribution >= 0.6 is 23.1 Å². The molecule has 0 fully saturated rings. The molecule has 0 aliphatic carbocycles. The molecule has 1 unspecified atom stereocenters. The van der Waals surface area contributed by atoms with Crippen molar-refractivity contribution >= 4 is 34.9 Å². The van der Waals surface area contributed by atoms with Crippen molar-refractivity contribution in [1.29, 1.82) is 0 Å². The number of aryl methyl sites for hydroxylation is 1. The summed E-state index contributed by atoms with van der Waals surface area (Å²) in [5.41, 5.74) is 7.55. The number of thioether (sulfide) groups is 1. The summed E-state index contributed by atoms with van der Waals surface area (Å²) in [4.78, 5) is 27.1. The van der Waals surface area contributed by atoms with Crippen molar-refractivity contribution in [1.82, 2.24) is 10.9 Å². The number of nitrogens with one attached hydrogen (secondary N) is 2. The Kier molecular flexibility index (Phi) is 7.54. The van der Waals surface area contributed by atoms with E-state index in [1.165, 1.54) is 4.88 Å². The molecule has 30 heavy (non-hydrogen) atoms. The highest BCUT2D eigenvalue weighted by Crippen LogP contribution is 2.28. The number of carbonyl (C=O) groups is 2. The van der Waals surface area contributed by atoms with Gasteiger partial charge >= 0.3 is 0 Å². The highest BCUT2D eigenvalue weighted by Gasteiger charge is 2.18. The van der Waals surface area contributed by atoms with Crippen LogP contribution in [0.15, 0.2) is 64.9 Å². The monoisotopic (exact) mass is 440 g/mol. The molecule has 0 aliphatic heterocycles. The van der Waals surface area contributed by atoms with Crippen LogP contribution in [-0.4, -0.2) is 17.9 Å². The zero-order valence-electron chi connectivity index (χ0n) is 17.1. The predicted molar refractivity (Wildman–Crippen MR) is 122 cm³/mol. The molecule has 156 valence electrons. The molecule has 3 rings (SSSR count). The van der Waals surface area contributed by atoms with Crippen LogP contribution in [0, 0.1) is 13.8 Å². The fourth-order valence-electron chi connectivity index (χ4n) is 2.71. The Labute approximate surface area is 184 Å². The lowest BCUT2D eigenvalue weighted by Gasteiger charge is -2.17. The van der Waals surface area contributed by atoms with Crippen molar-refractivity contribution < 1.29 is 14.3 Å². The van der Waals surface area contributed by atoms with Crippen LogP contribution in [-0.2, 0) is 10.5 Å². The van der Waals surface area contributed by atoms with Gasteiger partial charge in [0.05, 0.1) is 5.56 Å². The number of benzene rings is 2. The largest absolute Gasteiger partial charge is 0.481 e. The third kappa shape index (κ3) is 5.64. The van der Waals surface area contributed by atoms with Gasteiger partial charge in [-0.05, 0) is 61.5 Å². The summed E-state index contributed by atoms with van der Waals surface area (Å²) >= 11 is 3.27. The molecule has 1 atom stereocenters. The third-order valence-electron chi connectivity index (χ3n) is 4.61. The zero-order valence-corrected chi connectivity index (χ0v) is 18.7. The number of thiophene rings is 1. The molecule has 7 heteroatoms. The molecule has 2 amide bonds. The second-order valence-corrected chi connectivity index (χ2v) is 8.82. The van der Waals surface area contributed by atoms with Gasteiger partial charge < -0.3 is 4.74 Å². The normalized spacial score (nSPS) is 11.6. The van der Waals surface area contributed by atoms with E-state index < -0.39 is 12.0 Å². The molecule has 3 aromatic rings. The van der Waals surface area contributed by atoms with E-state index in [9.17, 15) is 9.59 Å². The lowest BCUT2D eigenvalue weighted by atomic mass is 10.1. The van der Waals surface area contributed by atoms with Crippen molar-refractivity contribution in [3.8, 4) is 5.75 Å². The summed E-state index contributed by atoms with van der Waals surface area (Å²) in [7, 11) is 0. The van der Waals surface area contributed by atoms with Gasteiger partial charge in [0.25, 0.3) is 11.8 Å². The smallest absolute Gasteiger partial charge is 0.279 e. The molecule has 0 spiro atoms. The highest BCUT2D eigenvalue weighted by molar-refractivity contribution is 7.98. The Morgan fingerprint density at radius 3 is 2.60 bits per heavy atom. The highest BCUT2D eigenvalue weighted by atomic mass is 32.2. The molecule has 0 bridgehead atoms. The van der Waals surface area contributed by atoms with Gasteiger partial charge in [0.2, 0.25) is 0 Å². The lowest BCUT2D eigenvalue weighted by molar-refractivity contribution is -0.128. The van der Waals surface area contributed by atoms with E-state index in [1.54, 1.807) is 42.2 Å². The van der Waals surface area contributed by atoms with Crippen LogP contribution in [0.25, 0.3) is 0 Å². The summed E-state index contributed by atoms with van der Waals surface area (Å²) in [5.74, 6) is 0.651. The summed E-state index contributed by atoms with van der Waals surface area (Å²) in [6, 6.07) is 17.1. The summed E-state index contributed by atoms with van der Waals surface area (Å²) in [5, 5.41) is 2.03. The van der Waals surface area contributed by atoms with Gasteiger partial charge in [-0.3, -0.25) is 20.4 Å². The van der Waals surface area contributed by atoms with Crippen molar-refractivity contribution in [3.05, 3.63) is 81.5 Å². The second-order valence-electron chi connectivity index (χ2n) is 6.77. The average Bonchev–Trinajstić information content (AvgIpc) is 3.27. The Hall–Kier alpha value is -2.77. The van der Waals surface area contributed by atoms with Crippen LogP contribution in [0.4, 0.5) is 0 Å². The van der Waals surface area contributed by atoms with Crippen molar-refractivity contribution in [2.24, 2.45) is 0 Å². The zero-order chi connectivity index (χ0) is 21.5. The van der Waals surface area contributed by atoms with E-state index >= 15 is 0 Å². The van der Waals surface area contributed by atoms with Gasteiger partial charge in [0.15, 0.2) is 6.10 Å². The van der Waals surface area contributed by atoms with Crippen molar-refractivity contribution in [3.63, 3.8) is 0 Å². The molecule has 0 radical (unpaired) electrons. The van der Waals surface area contributed by atoms with Crippen LogP contribution in [0.3, 0.4) is 0 Å². The standard InChI is InChI=1S/C23H24N2O3S2/c1-15-8-6-11-20(16(15)2)28-17(3)22(26)24-25-23(27)19-10-4-5-12-21(19)30-14-18-9-7-13-29-18/h4-13,17H,14H2,1-3H3,(H,24,26)(H,25,27).